The van der Waals surface area contributed by atoms with Gasteiger partial charge in [-0.3, -0.25) is 4.72 Å². The largest absolute Gasteiger partial charge is 0.280 e. The second kappa shape index (κ2) is 7.09. The third-order valence-corrected chi connectivity index (χ3v) is 8.43. The first-order valence-corrected chi connectivity index (χ1v) is 11.7. The Balaban J connectivity index is 1.81. The Morgan fingerprint density at radius 1 is 0.880 bits per heavy atom. The van der Waals surface area contributed by atoms with Crippen molar-refractivity contribution in [3.05, 3.63) is 53.0 Å². The fourth-order valence-corrected chi connectivity index (χ4v) is 6.46. The average Bonchev–Trinajstić information content (AvgIpc) is 3.10. The van der Waals surface area contributed by atoms with Crippen LogP contribution in [0.1, 0.15) is 25.7 Å². The van der Waals surface area contributed by atoms with E-state index in [9.17, 15) is 16.8 Å². The number of benzene rings is 2. The molecule has 0 spiro atoms. The highest BCUT2D eigenvalue weighted by molar-refractivity contribution is 9.10. The predicted molar refractivity (Wildman–Crippen MR) is 101 cm³/mol. The first-order chi connectivity index (χ1) is 11.8. The molecular weight excluding hydrogens is 426 g/mol. The Bertz CT molecular complexity index is 964. The number of hydrogen-bond donors (Lipinski definition) is 1. The van der Waals surface area contributed by atoms with Crippen LogP contribution >= 0.6 is 15.9 Å². The molecule has 3 rings (SSSR count). The van der Waals surface area contributed by atoms with Crippen LogP contribution in [0.15, 0.2) is 62.8 Å². The monoisotopic (exact) mass is 443 g/mol. The summed E-state index contributed by atoms with van der Waals surface area (Å²) in [5.74, 6) is 0. The third kappa shape index (κ3) is 4.07. The van der Waals surface area contributed by atoms with Gasteiger partial charge in [0.1, 0.15) is 0 Å². The minimum absolute atomic E-state index is 0.129. The van der Waals surface area contributed by atoms with Gasteiger partial charge in [-0.25, -0.2) is 16.8 Å². The van der Waals surface area contributed by atoms with E-state index in [1.54, 1.807) is 12.1 Å². The van der Waals surface area contributed by atoms with E-state index in [1.165, 1.54) is 36.4 Å². The van der Waals surface area contributed by atoms with Crippen molar-refractivity contribution in [3.63, 3.8) is 0 Å². The number of hydrogen-bond acceptors (Lipinski definition) is 4. The summed E-state index contributed by atoms with van der Waals surface area (Å²) in [4.78, 5) is 0.370. The van der Waals surface area contributed by atoms with Crippen LogP contribution in [0.4, 0.5) is 5.69 Å². The molecule has 0 atom stereocenters. The van der Waals surface area contributed by atoms with Gasteiger partial charge in [0, 0.05) is 10.2 Å². The predicted octanol–water partition coefficient (Wildman–Crippen LogP) is 3.97. The van der Waals surface area contributed by atoms with Crippen molar-refractivity contribution in [2.75, 3.05) is 4.72 Å². The van der Waals surface area contributed by atoms with Crippen LogP contribution in [-0.2, 0) is 19.9 Å². The summed E-state index contributed by atoms with van der Waals surface area (Å²) in [6.45, 7) is 0. The molecule has 1 N–H and O–H groups in total. The van der Waals surface area contributed by atoms with E-state index in [0.717, 1.165) is 12.8 Å². The highest BCUT2D eigenvalue weighted by atomic mass is 79.9. The zero-order chi connectivity index (χ0) is 18.1. The van der Waals surface area contributed by atoms with Gasteiger partial charge in [-0.1, -0.05) is 34.8 Å². The van der Waals surface area contributed by atoms with Crippen molar-refractivity contribution < 1.29 is 16.8 Å². The van der Waals surface area contributed by atoms with Gasteiger partial charge in [0.2, 0.25) is 0 Å². The summed E-state index contributed by atoms with van der Waals surface area (Å²) in [5.41, 5.74) is 0.324. The van der Waals surface area contributed by atoms with Gasteiger partial charge in [0.15, 0.2) is 9.84 Å². The van der Waals surface area contributed by atoms with Crippen LogP contribution in [-0.4, -0.2) is 22.1 Å². The molecule has 1 aliphatic rings. The van der Waals surface area contributed by atoms with Crippen LogP contribution < -0.4 is 4.72 Å². The number of nitrogens with one attached hydrogen (secondary N) is 1. The lowest BCUT2D eigenvalue weighted by Gasteiger charge is -2.12. The molecular formula is C17H18BrNO4S2. The Morgan fingerprint density at radius 2 is 1.52 bits per heavy atom. The zero-order valence-corrected chi connectivity index (χ0v) is 16.6. The minimum Gasteiger partial charge on any atom is -0.280 e. The molecule has 5 nitrogen and oxygen atoms in total. The SMILES string of the molecule is O=S(=O)(Nc1ccc(S(=O)(=O)C2CCCC2)cc1)c1cccc(Br)c1. The average molecular weight is 444 g/mol. The Labute approximate surface area is 156 Å². The van der Waals surface area contributed by atoms with Gasteiger partial charge in [-0.05, 0) is 55.3 Å². The quantitative estimate of drug-likeness (QED) is 0.757. The van der Waals surface area contributed by atoms with E-state index < -0.39 is 19.9 Å². The molecule has 1 aliphatic carbocycles. The molecule has 134 valence electrons. The number of halogens is 1. The fraction of sp³-hybridized carbons (Fsp3) is 0.294. The number of sulfone groups is 1. The first kappa shape index (κ1) is 18.4. The van der Waals surface area contributed by atoms with Crippen molar-refractivity contribution in [3.8, 4) is 0 Å². The maximum Gasteiger partial charge on any atom is 0.261 e. The van der Waals surface area contributed by atoms with Crippen molar-refractivity contribution >= 4 is 41.5 Å². The smallest absolute Gasteiger partial charge is 0.261 e. The van der Waals surface area contributed by atoms with E-state index in [1.807, 2.05) is 0 Å². The van der Waals surface area contributed by atoms with Crippen LogP contribution in [0.5, 0.6) is 0 Å². The topological polar surface area (TPSA) is 80.3 Å². The Hall–Kier alpha value is -1.38. The molecule has 0 saturated heterocycles. The van der Waals surface area contributed by atoms with E-state index in [4.69, 9.17) is 0 Å². The van der Waals surface area contributed by atoms with Gasteiger partial charge in [0.25, 0.3) is 10.0 Å². The zero-order valence-electron chi connectivity index (χ0n) is 13.4. The molecule has 0 heterocycles. The number of rotatable bonds is 5. The van der Waals surface area contributed by atoms with Crippen molar-refractivity contribution in [2.45, 2.75) is 40.7 Å². The maximum absolute atomic E-state index is 12.5. The first-order valence-electron chi connectivity index (χ1n) is 7.91. The van der Waals surface area contributed by atoms with Crippen molar-refractivity contribution in [2.24, 2.45) is 0 Å². The molecule has 8 heteroatoms. The summed E-state index contributed by atoms with van der Waals surface area (Å²) in [6, 6.07) is 12.3. The van der Waals surface area contributed by atoms with Gasteiger partial charge in [-0.15, -0.1) is 0 Å². The third-order valence-electron chi connectivity index (χ3n) is 4.28. The second-order valence-corrected chi connectivity index (χ2v) is 10.9. The van der Waals surface area contributed by atoms with Crippen LogP contribution in [0.3, 0.4) is 0 Å². The summed E-state index contributed by atoms with van der Waals surface area (Å²) in [7, 11) is -7.07. The highest BCUT2D eigenvalue weighted by Gasteiger charge is 2.30. The number of anilines is 1. The fourth-order valence-electron chi connectivity index (χ4n) is 2.95. The van der Waals surface area contributed by atoms with Crippen LogP contribution in [0.25, 0.3) is 0 Å². The molecule has 2 aromatic rings. The van der Waals surface area contributed by atoms with Gasteiger partial charge >= 0.3 is 0 Å². The molecule has 2 aromatic carbocycles. The highest BCUT2D eigenvalue weighted by Crippen LogP contribution is 2.30. The summed E-state index contributed by atoms with van der Waals surface area (Å²) >= 11 is 3.24. The van der Waals surface area contributed by atoms with E-state index in [2.05, 4.69) is 20.7 Å². The summed E-state index contributed by atoms with van der Waals surface area (Å²) in [5, 5.41) is -0.322. The Morgan fingerprint density at radius 3 is 2.12 bits per heavy atom. The molecule has 1 saturated carbocycles. The van der Waals surface area contributed by atoms with E-state index in [0.29, 0.717) is 23.0 Å². The number of sulfonamides is 1. The lowest BCUT2D eigenvalue weighted by atomic mass is 10.3. The lowest BCUT2D eigenvalue weighted by molar-refractivity contribution is 0.579. The minimum atomic E-state index is -3.73. The van der Waals surface area contributed by atoms with Gasteiger partial charge in [-0.2, -0.15) is 0 Å². The van der Waals surface area contributed by atoms with E-state index >= 15 is 0 Å². The standard InChI is InChI=1S/C17H18BrNO4S2/c18-13-4-3-7-17(12-13)25(22,23)19-14-8-10-16(11-9-14)24(20,21)15-5-1-2-6-15/h3-4,7-12,15,19H,1-2,5-6H2. The van der Waals surface area contributed by atoms with Crippen LogP contribution in [0.2, 0.25) is 0 Å². The second-order valence-electron chi connectivity index (χ2n) is 6.04. The normalized spacial score (nSPS) is 16.0. The van der Waals surface area contributed by atoms with Crippen molar-refractivity contribution in [1.82, 2.24) is 0 Å². The summed E-state index contributed by atoms with van der Waals surface area (Å²) in [6.07, 6.45) is 3.27. The molecule has 25 heavy (non-hydrogen) atoms. The molecule has 0 radical (unpaired) electrons. The lowest BCUT2D eigenvalue weighted by Crippen LogP contribution is -2.18. The van der Waals surface area contributed by atoms with Gasteiger partial charge < -0.3 is 0 Å². The molecule has 0 aromatic heterocycles. The van der Waals surface area contributed by atoms with Crippen molar-refractivity contribution in [1.29, 1.82) is 0 Å². The summed E-state index contributed by atoms with van der Waals surface area (Å²) < 4.78 is 53.0. The molecule has 1 fully saturated rings. The van der Waals surface area contributed by atoms with E-state index in [-0.39, 0.29) is 15.0 Å². The molecule has 0 aliphatic heterocycles. The van der Waals surface area contributed by atoms with Crippen LogP contribution in [0, 0.1) is 0 Å². The molecule has 0 bridgehead atoms. The van der Waals surface area contributed by atoms with Gasteiger partial charge in [0.05, 0.1) is 15.0 Å². The molecule has 0 amide bonds. The maximum atomic E-state index is 12.5. The Kier molecular flexibility index (Phi) is 5.22. The molecule has 0 unspecified atom stereocenters.